The van der Waals surface area contributed by atoms with Crippen molar-refractivity contribution >= 4 is 40.4 Å². The first-order valence-electron chi connectivity index (χ1n) is 7.22. The molecule has 0 saturated heterocycles. The van der Waals surface area contributed by atoms with Crippen molar-refractivity contribution < 1.29 is 0 Å². The Morgan fingerprint density at radius 2 is 1.87 bits per heavy atom. The van der Waals surface area contributed by atoms with E-state index in [4.69, 9.17) is 34.8 Å². The number of hydrogen-bond donors (Lipinski definition) is 0. The van der Waals surface area contributed by atoms with Gasteiger partial charge in [0.1, 0.15) is 0 Å². The zero-order chi connectivity index (χ0) is 16.6. The topological polar surface area (TPSA) is 17.8 Å². The first kappa shape index (κ1) is 16.4. The third-order valence-electron chi connectivity index (χ3n) is 3.86. The van der Waals surface area contributed by atoms with E-state index < -0.39 is 0 Å². The Hall–Kier alpha value is -1.48. The van der Waals surface area contributed by atoms with E-state index >= 15 is 0 Å². The fraction of sp³-hybridized carbons (Fsp3) is 0.167. The van der Waals surface area contributed by atoms with Gasteiger partial charge in [0.25, 0.3) is 0 Å². The highest BCUT2D eigenvalue weighted by Crippen LogP contribution is 2.32. The highest BCUT2D eigenvalue weighted by molar-refractivity contribution is 6.35. The molecule has 1 aliphatic carbocycles. The normalized spacial score (nSPS) is 14.5. The van der Waals surface area contributed by atoms with Crippen molar-refractivity contribution in [3.05, 3.63) is 74.5 Å². The van der Waals surface area contributed by atoms with Crippen LogP contribution in [-0.2, 0) is 0 Å². The van der Waals surface area contributed by atoms with Crippen LogP contribution in [0.5, 0.6) is 0 Å². The Balaban J connectivity index is 2.20. The molecule has 0 unspecified atom stereocenters. The van der Waals surface area contributed by atoms with Crippen LogP contribution in [0.4, 0.5) is 0 Å². The summed E-state index contributed by atoms with van der Waals surface area (Å²) in [6.45, 7) is 4.06. The molecular weight excluding hydrogens is 351 g/mol. The Morgan fingerprint density at radius 1 is 1.09 bits per heavy atom. The summed E-state index contributed by atoms with van der Waals surface area (Å²) in [5.74, 6) is 0. The maximum Gasteiger partial charge on any atom is 0.0840 e. The van der Waals surface area contributed by atoms with Crippen LogP contribution in [0.1, 0.15) is 23.4 Å². The van der Waals surface area contributed by atoms with Crippen LogP contribution in [0.2, 0.25) is 10.0 Å². The molecule has 0 radical (unpaired) electrons. The second-order valence-electron chi connectivity index (χ2n) is 5.42. The molecular formula is C18H15Cl3N2. The van der Waals surface area contributed by atoms with Crippen molar-refractivity contribution in [2.24, 2.45) is 0 Å². The maximum atomic E-state index is 6.38. The minimum absolute atomic E-state index is 0.569. The van der Waals surface area contributed by atoms with Crippen LogP contribution < -0.4 is 0 Å². The van der Waals surface area contributed by atoms with Crippen molar-refractivity contribution in [3.63, 3.8) is 0 Å². The van der Waals surface area contributed by atoms with E-state index in [-0.39, 0.29) is 0 Å². The fourth-order valence-electron chi connectivity index (χ4n) is 2.59. The van der Waals surface area contributed by atoms with E-state index in [0.29, 0.717) is 15.1 Å². The Labute approximate surface area is 150 Å². The fourth-order valence-corrected chi connectivity index (χ4v) is 3.23. The van der Waals surface area contributed by atoms with E-state index in [9.17, 15) is 0 Å². The van der Waals surface area contributed by atoms with Crippen LogP contribution in [-0.4, -0.2) is 9.78 Å². The molecule has 3 rings (SSSR count). The first-order valence-corrected chi connectivity index (χ1v) is 8.35. The molecule has 1 aromatic carbocycles. The second-order valence-corrected chi connectivity index (χ2v) is 6.70. The monoisotopic (exact) mass is 364 g/mol. The zero-order valence-electron chi connectivity index (χ0n) is 12.8. The van der Waals surface area contributed by atoms with Crippen molar-refractivity contribution in [1.82, 2.24) is 9.78 Å². The van der Waals surface area contributed by atoms with E-state index in [2.05, 4.69) is 12.0 Å². The van der Waals surface area contributed by atoms with Gasteiger partial charge in [0.15, 0.2) is 0 Å². The maximum absolute atomic E-state index is 6.38. The van der Waals surface area contributed by atoms with Crippen LogP contribution in [0.3, 0.4) is 0 Å². The van der Waals surface area contributed by atoms with Gasteiger partial charge in [-0.05, 0) is 61.8 Å². The zero-order valence-corrected chi connectivity index (χ0v) is 15.0. The number of benzene rings is 1. The molecule has 5 heteroatoms. The minimum Gasteiger partial charge on any atom is -0.231 e. The van der Waals surface area contributed by atoms with Gasteiger partial charge in [0, 0.05) is 10.1 Å². The highest BCUT2D eigenvalue weighted by Gasteiger charge is 2.18. The van der Waals surface area contributed by atoms with Gasteiger partial charge in [-0.3, -0.25) is 0 Å². The average molecular weight is 366 g/mol. The van der Waals surface area contributed by atoms with E-state index in [1.807, 2.05) is 48.0 Å². The smallest absolute Gasteiger partial charge is 0.0840 e. The molecule has 0 N–H and O–H groups in total. The largest absolute Gasteiger partial charge is 0.231 e. The van der Waals surface area contributed by atoms with Crippen molar-refractivity contribution in [2.75, 3.05) is 0 Å². The minimum atomic E-state index is 0.569. The molecule has 1 heterocycles. The predicted molar refractivity (Wildman–Crippen MR) is 98.7 cm³/mol. The SMILES string of the molecule is Cc1nn(-c2ccc(Cl)cc2Cl)c(C2=CC=C(Cl)C=CC2)c1C. The van der Waals surface area contributed by atoms with Crippen LogP contribution >= 0.6 is 34.8 Å². The van der Waals surface area contributed by atoms with Crippen LogP contribution in [0.25, 0.3) is 11.3 Å². The number of aryl methyl sites for hydroxylation is 1. The highest BCUT2D eigenvalue weighted by atomic mass is 35.5. The Morgan fingerprint density at radius 3 is 2.61 bits per heavy atom. The molecule has 0 fully saturated rings. The Bertz CT molecular complexity index is 857. The van der Waals surface area contributed by atoms with Gasteiger partial charge in [-0.25, -0.2) is 4.68 Å². The molecule has 0 spiro atoms. The van der Waals surface area contributed by atoms with Gasteiger partial charge in [-0.2, -0.15) is 5.10 Å². The summed E-state index contributed by atoms with van der Waals surface area (Å²) in [6, 6.07) is 5.43. The molecule has 1 aromatic heterocycles. The molecule has 0 aliphatic heterocycles. The van der Waals surface area contributed by atoms with Gasteiger partial charge >= 0.3 is 0 Å². The lowest BCUT2D eigenvalue weighted by molar-refractivity contribution is 0.848. The summed E-state index contributed by atoms with van der Waals surface area (Å²) >= 11 is 18.5. The van der Waals surface area contributed by atoms with Gasteiger partial charge in [0.2, 0.25) is 0 Å². The number of aromatic nitrogens is 2. The summed E-state index contributed by atoms with van der Waals surface area (Å²) in [5.41, 5.74) is 5.09. The number of nitrogens with zero attached hydrogens (tertiary/aromatic N) is 2. The first-order chi connectivity index (χ1) is 11.0. The summed E-state index contributed by atoms with van der Waals surface area (Å²) < 4.78 is 1.88. The van der Waals surface area contributed by atoms with Crippen molar-refractivity contribution in [2.45, 2.75) is 20.3 Å². The van der Waals surface area contributed by atoms with Gasteiger partial charge < -0.3 is 0 Å². The van der Waals surface area contributed by atoms with Crippen molar-refractivity contribution in [1.29, 1.82) is 0 Å². The molecule has 2 aromatic rings. The van der Waals surface area contributed by atoms with Gasteiger partial charge in [0.05, 0.1) is 22.1 Å². The summed E-state index contributed by atoms with van der Waals surface area (Å²) in [4.78, 5) is 0. The van der Waals surface area contributed by atoms with E-state index in [0.717, 1.165) is 34.6 Å². The molecule has 23 heavy (non-hydrogen) atoms. The van der Waals surface area contributed by atoms with Gasteiger partial charge in [-0.15, -0.1) is 0 Å². The third-order valence-corrected chi connectivity index (χ3v) is 4.65. The molecule has 2 nitrogen and oxygen atoms in total. The summed E-state index contributed by atoms with van der Waals surface area (Å²) in [7, 11) is 0. The lowest BCUT2D eigenvalue weighted by Gasteiger charge is -2.12. The lowest BCUT2D eigenvalue weighted by atomic mass is 10.0. The number of hydrogen-bond acceptors (Lipinski definition) is 1. The summed E-state index contributed by atoms with van der Waals surface area (Å²) in [5, 5.41) is 6.55. The second kappa shape index (κ2) is 6.56. The molecule has 0 saturated carbocycles. The quantitative estimate of drug-likeness (QED) is 0.614. The molecule has 1 aliphatic rings. The molecule has 0 atom stereocenters. The number of allylic oxidation sites excluding steroid dienone is 6. The average Bonchev–Trinajstić information content (AvgIpc) is 2.67. The molecule has 0 bridgehead atoms. The standard InChI is InChI=1S/C18H15Cl3N2/c1-11-12(2)22-23(17-9-8-15(20)10-16(17)21)18(11)13-4-3-5-14(19)7-6-13/h3,5-10H,4H2,1-2H3. The number of rotatable bonds is 2. The van der Waals surface area contributed by atoms with Crippen LogP contribution in [0, 0.1) is 13.8 Å². The number of halogens is 3. The van der Waals surface area contributed by atoms with Gasteiger partial charge in [-0.1, -0.05) is 47.0 Å². The molecule has 118 valence electrons. The van der Waals surface area contributed by atoms with Crippen LogP contribution in [0.15, 0.2) is 47.5 Å². The molecule has 0 amide bonds. The van der Waals surface area contributed by atoms with Crippen molar-refractivity contribution in [3.8, 4) is 5.69 Å². The van der Waals surface area contributed by atoms with E-state index in [1.54, 1.807) is 6.07 Å². The third kappa shape index (κ3) is 3.25. The summed E-state index contributed by atoms with van der Waals surface area (Å²) in [6.07, 6.45) is 8.67. The van der Waals surface area contributed by atoms with E-state index in [1.165, 1.54) is 0 Å². The lowest BCUT2D eigenvalue weighted by Crippen LogP contribution is -2.03. The Kier molecular flexibility index (Phi) is 4.67. The predicted octanol–water partition coefficient (Wildman–Crippen LogP) is 6.26.